The Hall–Kier alpha value is -3.19. The SMILES string of the molecule is CC.CCCCc1ncnn1Cc1ccc(-c2ccccc2C2=NNNN2)cc1. The largest absolute Gasteiger partial charge is 0.285 e. The lowest BCUT2D eigenvalue weighted by molar-refractivity contribution is 0.577. The molecule has 0 atom stereocenters. The quantitative estimate of drug-likeness (QED) is 0.573. The first-order valence-corrected chi connectivity index (χ1v) is 10.2. The molecule has 0 amide bonds. The summed E-state index contributed by atoms with van der Waals surface area (Å²) in [4.78, 5) is 4.39. The zero-order valence-corrected chi connectivity index (χ0v) is 17.3. The molecule has 7 heteroatoms. The number of rotatable bonds is 7. The molecule has 0 aliphatic carbocycles. The highest BCUT2D eigenvalue weighted by molar-refractivity contribution is 6.04. The van der Waals surface area contributed by atoms with E-state index in [1.54, 1.807) is 6.33 Å². The molecule has 152 valence electrons. The summed E-state index contributed by atoms with van der Waals surface area (Å²) >= 11 is 0. The van der Waals surface area contributed by atoms with Crippen molar-refractivity contribution in [2.24, 2.45) is 5.10 Å². The van der Waals surface area contributed by atoms with Crippen molar-refractivity contribution in [2.75, 3.05) is 0 Å². The summed E-state index contributed by atoms with van der Waals surface area (Å²) in [7, 11) is 0. The number of hydrogen-bond acceptors (Lipinski definition) is 6. The van der Waals surface area contributed by atoms with Crippen LogP contribution < -0.4 is 16.5 Å². The average molecular weight is 392 g/mol. The minimum atomic E-state index is 0.739. The lowest BCUT2D eigenvalue weighted by Crippen LogP contribution is -2.35. The van der Waals surface area contributed by atoms with Gasteiger partial charge in [-0.25, -0.2) is 15.2 Å². The van der Waals surface area contributed by atoms with E-state index in [1.807, 2.05) is 30.7 Å². The van der Waals surface area contributed by atoms with Gasteiger partial charge in [-0.3, -0.25) is 5.43 Å². The number of nitrogens with one attached hydrogen (secondary N) is 3. The maximum Gasteiger partial charge on any atom is 0.171 e. The van der Waals surface area contributed by atoms with Crippen molar-refractivity contribution in [1.82, 2.24) is 31.3 Å². The van der Waals surface area contributed by atoms with Crippen molar-refractivity contribution in [2.45, 2.75) is 46.6 Å². The molecule has 0 saturated heterocycles. The number of nitrogens with zero attached hydrogens (tertiary/aromatic N) is 4. The number of benzene rings is 2. The van der Waals surface area contributed by atoms with Crippen molar-refractivity contribution in [3.8, 4) is 11.1 Å². The van der Waals surface area contributed by atoms with Gasteiger partial charge in [-0.15, -0.1) is 10.6 Å². The predicted octanol–water partition coefficient (Wildman–Crippen LogP) is 3.64. The summed E-state index contributed by atoms with van der Waals surface area (Å²) in [6.07, 6.45) is 4.91. The van der Waals surface area contributed by atoms with Gasteiger partial charge in [-0.05, 0) is 23.1 Å². The predicted molar refractivity (Wildman–Crippen MR) is 117 cm³/mol. The van der Waals surface area contributed by atoms with Crippen molar-refractivity contribution in [3.63, 3.8) is 0 Å². The number of hydrazine groups is 2. The number of amidine groups is 1. The van der Waals surface area contributed by atoms with Crippen LogP contribution in [-0.2, 0) is 13.0 Å². The first-order valence-electron chi connectivity index (χ1n) is 10.2. The molecule has 0 bridgehead atoms. The van der Waals surface area contributed by atoms with Gasteiger partial charge < -0.3 is 0 Å². The highest BCUT2D eigenvalue weighted by atomic mass is 15.8. The first-order chi connectivity index (χ1) is 14.3. The molecule has 3 aromatic rings. The van der Waals surface area contributed by atoms with Gasteiger partial charge in [0.05, 0.1) is 6.54 Å². The fourth-order valence-electron chi connectivity index (χ4n) is 3.18. The van der Waals surface area contributed by atoms with E-state index in [2.05, 4.69) is 75.0 Å². The van der Waals surface area contributed by atoms with Crippen LogP contribution in [0.25, 0.3) is 11.1 Å². The van der Waals surface area contributed by atoms with Crippen LogP contribution in [0.1, 0.15) is 50.6 Å². The van der Waals surface area contributed by atoms with Crippen molar-refractivity contribution < 1.29 is 0 Å². The van der Waals surface area contributed by atoms with E-state index in [1.165, 1.54) is 5.56 Å². The maximum absolute atomic E-state index is 4.39. The molecule has 1 aliphatic heterocycles. The van der Waals surface area contributed by atoms with Crippen LogP contribution in [0.15, 0.2) is 60.0 Å². The maximum atomic E-state index is 4.39. The number of aryl methyl sites for hydroxylation is 1. The lowest BCUT2D eigenvalue weighted by atomic mass is 9.98. The van der Waals surface area contributed by atoms with E-state index in [4.69, 9.17) is 0 Å². The molecule has 3 N–H and O–H groups in total. The molecule has 1 aromatic heterocycles. The monoisotopic (exact) mass is 391 g/mol. The second-order valence-corrected chi connectivity index (χ2v) is 6.50. The third kappa shape index (κ3) is 5.00. The Balaban J connectivity index is 0.00000117. The normalized spacial score (nSPS) is 12.4. The van der Waals surface area contributed by atoms with Gasteiger partial charge in [-0.1, -0.05) is 75.7 Å². The van der Waals surface area contributed by atoms with E-state index in [0.717, 1.165) is 54.2 Å². The lowest BCUT2D eigenvalue weighted by Gasteiger charge is -2.11. The first kappa shape index (κ1) is 20.5. The summed E-state index contributed by atoms with van der Waals surface area (Å²) < 4.78 is 1.99. The third-order valence-corrected chi connectivity index (χ3v) is 4.63. The average Bonchev–Trinajstić information content (AvgIpc) is 3.47. The van der Waals surface area contributed by atoms with Crippen LogP contribution in [0.5, 0.6) is 0 Å². The Morgan fingerprint density at radius 3 is 2.41 bits per heavy atom. The standard InChI is InChI=1S/C20H23N7.C2H6/c1-2-3-8-19-21-14-22-27(19)13-15-9-11-16(12-10-15)17-6-4-5-7-18(17)20-23-25-26-24-20;1-2/h4-7,9-12,14,25-26H,2-3,8,13H2,1H3,(H,23,24);1-2H3. The summed E-state index contributed by atoms with van der Waals surface area (Å²) in [6.45, 7) is 6.93. The molecule has 0 spiro atoms. The van der Waals surface area contributed by atoms with Crippen molar-refractivity contribution in [1.29, 1.82) is 0 Å². The second-order valence-electron chi connectivity index (χ2n) is 6.50. The summed E-state index contributed by atoms with van der Waals surface area (Å²) in [5.74, 6) is 1.83. The Labute approximate surface area is 172 Å². The summed E-state index contributed by atoms with van der Waals surface area (Å²) in [6, 6.07) is 16.8. The van der Waals surface area contributed by atoms with E-state index in [-0.39, 0.29) is 0 Å². The number of unbranched alkanes of at least 4 members (excludes halogenated alkanes) is 1. The van der Waals surface area contributed by atoms with Gasteiger partial charge >= 0.3 is 0 Å². The number of hydrazone groups is 1. The molecule has 0 fully saturated rings. The molecule has 4 rings (SSSR count). The van der Waals surface area contributed by atoms with Crippen LogP contribution in [0.4, 0.5) is 0 Å². The molecule has 0 radical (unpaired) electrons. The van der Waals surface area contributed by atoms with E-state index in [0.29, 0.717) is 0 Å². The second kappa shape index (κ2) is 10.4. The third-order valence-electron chi connectivity index (χ3n) is 4.63. The Morgan fingerprint density at radius 1 is 0.966 bits per heavy atom. The van der Waals surface area contributed by atoms with Crippen molar-refractivity contribution in [3.05, 3.63) is 71.8 Å². The van der Waals surface area contributed by atoms with Gasteiger partial charge in [0.15, 0.2) is 5.84 Å². The van der Waals surface area contributed by atoms with Crippen LogP contribution in [0.3, 0.4) is 0 Å². The molecule has 2 aromatic carbocycles. The minimum absolute atomic E-state index is 0.739. The van der Waals surface area contributed by atoms with Crippen LogP contribution in [-0.4, -0.2) is 20.6 Å². The summed E-state index contributed by atoms with van der Waals surface area (Å²) in [5, 5.41) is 8.60. The Bertz CT molecular complexity index is 928. The fraction of sp³-hybridized carbons (Fsp3) is 0.318. The highest BCUT2D eigenvalue weighted by Gasteiger charge is 2.13. The molecular weight excluding hydrogens is 362 g/mol. The minimum Gasteiger partial charge on any atom is -0.285 e. The zero-order chi connectivity index (χ0) is 20.5. The highest BCUT2D eigenvalue weighted by Crippen LogP contribution is 2.24. The Morgan fingerprint density at radius 2 is 1.72 bits per heavy atom. The van der Waals surface area contributed by atoms with Gasteiger partial charge in [-0.2, -0.15) is 5.10 Å². The van der Waals surface area contributed by atoms with Gasteiger partial charge in [0.2, 0.25) is 0 Å². The van der Waals surface area contributed by atoms with Crippen LogP contribution in [0, 0.1) is 0 Å². The zero-order valence-electron chi connectivity index (χ0n) is 17.3. The van der Waals surface area contributed by atoms with Crippen LogP contribution >= 0.6 is 0 Å². The molecule has 29 heavy (non-hydrogen) atoms. The van der Waals surface area contributed by atoms with E-state index >= 15 is 0 Å². The molecular formula is C22H29N7. The summed E-state index contributed by atoms with van der Waals surface area (Å²) in [5.41, 5.74) is 13.0. The van der Waals surface area contributed by atoms with Gasteiger partial charge in [0, 0.05) is 12.0 Å². The number of hydrogen-bond donors (Lipinski definition) is 3. The molecule has 2 heterocycles. The van der Waals surface area contributed by atoms with Crippen molar-refractivity contribution >= 4 is 5.84 Å². The fourth-order valence-corrected chi connectivity index (χ4v) is 3.18. The topological polar surface area (TPSA) is 79.2 Å². The molecule has 7 nitrogen and oxygen atoms in total. The molecule has 0 unspecified atom stereocenters. The Kier molecular flexibility index (Phi) is 7.35. The molecule has 0 saturated carbocycles. The van der Waals surface area contributed by atoms with Crippen LogP contribution in [0.2, 0.25) is 0 Å². The van der Waals surface area contributed by atoms with Gasteiger partial charge in [0.25, 0.3) is 0 Å². The molecule has 1 aliphatic rings. The van der Waals surface area contributed by atoms with Gasteiger partial charge in [0.1, 0.15) is 12.2 Å². The smallest absolute Gasteiger partial charge is 0.171 e. The van der Waals surface area contributed by atoms with E-state index in [9.17, 15) is 0 Å². The van der Waals surface area contributed by atoms with E-state index < -0.39 is 0 Å². The number of aromatic nitrogens is 3.